The molecule has 3 rings (SSSR count). The molecule has 0 aromatic carbocycles. The Morgan fingerprint density at radius 2 is 2.31 bits per heavy atom. The molecule has 0 spiro atoms. The van der Waals surface area contributed by atoms with Gasteiger partial charge in [-0.25, -0.2) is 4.98 Å². The maximum atomic E-state index is 4.32. The highest BCUT2D eigenvalue weighted by Crippen LogP contribution is 2.40. The van der Waals surface area contributed by atoms with Gasteiger partial charge in [0.15, 0.2) is 0 Å². The van der Waals surface area contributed by atoms with E-state index in [9.17, 15) is 0 Å². The van der Waals surface area contributed by atoms with Crippen LogP contribution in [0.5, 0.6) is 0 Å². The lowest BCUT2D eigenvalue weighted by Gasteiger charge is -2.28. The van der Waals surface area contributed by atoms with Crippen LogP contribution in [0.3, 0.4) is 0 Å². The molecular weight excluding hydrogens is 264 g/mol. The third kappa shape index (κ3) is 1.82. The normalized spacial score (nSPS) is 28.7. The van der Waals surface area contributed by atoms with Crippen LogP contribution in [-0.4, -0.2) is 18.1 Å². The number of allylic oxidation sites excluding steroid dienone is 1. The van der Waals surface area contributed by atoms with Crippen LogP contribution in [0.25, 0.3) is 5.57 Å². The number of nitrogens with one attached hydrogen (secondary N) is 1. The summed E-state index contributed by atoms with van der Waals surface area (Å²) in [6.07, 6.45) is 6.95. The molecule has 16 heavy (non-hydrogen) atoms. The number of halogens is 1. The first-order valence-corrected chi connectivity index (χ1v) is 6.66. The van der Waals surface area contributed by atoms with E-state index in [1.165, 1.54) is 30.5 Å². The quantitative estimate of drug-likeness (QED) is 0.800. The van der Waals surface area contributed by atoms with Crippen molar-refractivity contribution in [2.24, 2.45) is 11.8 Å². The van der Waals surface area contributed by atoms with E-state index in [2.05, 4.69) is 38.4 Å². The standard InChI is InChI=1S/C13H15BrN2/c14-13-4-2-10(7-16-13)11-3-1-9-5-6-15-8-12(9)11/h2-4,7,9,12,15H,1,5-6,8H2/t9-,12+/m0/s1. The van der Waals surface area contributed by atoms with Gasteiger partial charge in [-0.3, -0.25) is 0 Å². The molecule has 1 aliphatic heterocycles. The fourth-order valence-corrected chi connectivity index (χ4v) is 3.10. The lowest BCUT2D eigenvalue weighted by atomic mass is 9.84. The largest absolute Gasteiger partial charge is 0.316 e. The molecule has 0 amide bonds. The summed E-state index contributed by atoms with van der Waals surface area (Å²) in [7, 11) is 0. The van der Waals surface area contributed by atoms with Crippen molar-refractivity contribution in [3.05, 3.63) is 34.6 Å². The topological polar surface area (TPSA) is 24.9 Å². The Bertz CT molecular complexity index is 410. The third-order valence-corrected chi connectivity index (χ3v) is 4.19. The van der Waals surface area contributed by atoms with E-state index in [1.54, 1.807) is 0 Å². The maximum absolute atomic E-state index is 4.32. The van der Waals surface area contributed by atoms with Crippen LogP contribution in [0.2, 0.25) is 0 Å². The lowest BCUT2D eigenvalue weighted by Crippen LogP contribution is -2.34. The first-order chi connectivity index (χ1) is 7.84. The number of fused-ring (bicyclic) bond motifs is 1. The molecule has 1 fully saturated rings. The van der Waals surface area contributed by atoms with Crippen molar-refractivity contribution in [2.45, 2.75) is 12.8 Å². The van der Waals surface area contributed by atoms with Gasteiger partial charge in [0.1, 0.15) is 4.60 Å². The highest BCUT2D eigenvalue weighted by Gasteiger charge is 2.32. The Hall–Kier alpha value is -0.670. The summed E-state index contributed by atoms with van der Waals surface area (Å²) in [5.41, 5.74) is 2.79. The van der Waals surface area contributed by atoms with Crippen LogP contribution in [0.4, 0.5) is 0 Å². The maximum Gasteiger partial charge on any atom is 0.106 e. The third-order valence-electron chi connectivity index (χ3n) is 3.73. The van der Waals surface area contributed by atoms with Crippen molar-refractivity contribution in [3.63, 3.8) is 0 Å². The van der Waals surface area contributed by atoms with Crippen LogP contribution in [0.1, 0.15) is 18.4 Å². The van der Waals surface area contributed by atoms with Gasteiger partial charge in [-0.1, -0.05) is 12.1 Å². The van der Waals surface area contributed by atoms with E-state index < -0.39 is 0 Å². The fraction of sp³-hybridized carbons (Fsp3) is 0.462. The van der Waals surface area contributed by atoms with Gasteiger partial charge in [0.05, 0.1) is 0 Å². The average Bonchev–Trinajstić information content (AvgIpc) is 2.74. The molecule has 2 atom stereocenters. The lowest BCUT2D eigenvalue weighted by molar-refractivity contribution is 0.328. The molecule has 0 saturated carbocycles. The predicted molar refractivity (Wildman–Crippen MR) is 69.0 cm³/mol. The number of piperidine rings is 1. The van der Waals surface area contributed by atoms with Gasteiger partial charge in [-0.15, -0.1) is 0 Å². The Morgan fingerprint density at radius 3 is 3.12 bits per heavy atom. The number of hydrogen-bond acceptors (Lipinski definition) is 2. The van der Waals surface area contributed by atoms with E-state index in [4.69, 9.17) is 0 Å². The molecule has 1 aromatic rings. The number of aromatic nitrogens is 1. The van der Waals surface area contributed by atoms with Gasteiger partial charge in [0.25, 0.3) is 0 Å². The van der Waals surface area contributed by atoms with E-state index in [-0.39, 0.29) is 0 Å². The molecule has 0 bridgehead atoms. The minimum absolute atomic E-state index is 0.705. The van der Waals surface area contributed by atoms with E-state index in [1.807, 2.05) is 12.3 Å². The summed E-state index contributed by atoms with van der Waals surface area (Å²) in [4.78, 5) is 4.32. The molecule has 1 saturated heterocycles. The molecule has 1 aliphatic carbocycles. The van der Waals surface area contributed by atoms with Crippen LogP contribution in [-0.2, 0) is 0 Å². The van der Waals surface area contributed by atoms with Gasteiger partial charge in [-0.2, -0.15) is 0 Å². The monoisotopic (exact) mass is 278 g/mol. The van der Waals surface area contributed by atoms with E-state index in [0.29, 0.717) is 5.92 Å². The second-order valence-corrected chi connectivity index (χ2v) is 5.44. The number of nitrogens with zero attached hydrogens (tertiary/aromatic N) is 1. The Balaban J connectivity index is 1.87. The van der Waals surface area contributed by atoms with Crippen molar-refractivity contribution < 1.29 is 0 Å². The Labute approximate surface area is 104 Å². The minimum atomic E-state index is 0.705. The van der Waals surface area contributed by atoms with Crippen molar-refractivity contribution in [3.8, 4) is 0 Å². The van der Waals surface area contributed by atoms with E-state index >= 15 is 0 Å². The summed E-state index contributed by atoms with van der Waals surface area (Å²) in [6.45, 7) is 2.31. The average molecular weight is 279 g/mol. The number of hydrogen-bond donors (Lipinski definition) is 1. The number of pyridine rings is 1. The molecule has 2 nitrogen and oxygen atoms in total. The molecule has 2 aliphatic rings. The highest BCUT2D eigenvalue weighted by atomic mass is 79.9. The second-order valence-electron chi connectivity index (χ2n) is 4.62. The zero-order valence-electron chi connectivity index (χ0n) is 9.12. The van der Waals surface area contributed by atoms with Crippen molar-refractivity contribution in [1.82, 2.24) is 10.3 Å². The van der Waals surface area contributed by atoms with Gasteiger partial charge >= 0.3 is 0 Å². The first-order valence-electron chi connectivity index (χ1n) is 5.87. The highest BCUT2D eigenvalue weighted by molar-refractivity contribution is 9.10. The molecule has 1 N–H and O–H groups in total. The summed E-state index contributed by atoms with van der Waals surface area (Å²) < 4.78 is 0.910. The summed E-state index contributed by atoms with van der Waals surface area (Å²) >= 11 is 3.38. The molecule has 3 heteroatoms. The molecule has 0 unspecified atom stereocenters. The SMILES string of the molecule is Brc1ccc(C2=CC[C@H]3CCNC[C@@H]23)cn1. The van der Waals surface area contributed by atoms with Gasteiger partial charge < -0.3 is 5.32 Å². The molecule has 2 heterocycles. The Morgan fingerprint density at radius 1 is 1.38 bits per heavy atom. The van der Waals surface area contributed by atoms with Gasteiger partial charge in [0.2, 0.25) is 0 Å². The molecule has 1 aromatic heterocycles. The molecule has 0 radical (unpaired) electrons. The Kier molecular flexibility index (Phi) is 2.82. The van der Waals surface area contributed by atoms with E-state index in [0.717, 1.165) is 17.1 Å². The fourth-order valence-electron chi connectivity index (χ4n) is 2.87. The summed E-state index contributed by atoms with van der Waals surface area (Å²) in [5.74, 6) is 1.57. The van der Waals surface area contributed by atoms with Crippen LogP contribution >= 0.6 is 15.9 Å². The van der Waals surface area contributed by atoms with Crippen LogP contribution < -0.4 is 5.32 Å². The molecular formula is C13H15BrN2. The summed E-state index contributed by atoms with van der Waals surface area (Å²) in [5, 5.41) is 3.50. The zero-order chi connectivity index (χ0) is 11.0. The van der Waals surface area contributed by atoms with Gasteiger partial charge in [0, 0.05) is 12.7 Å². The predicted octanol–water partition coefficient (Wildman–Crippen LogP) is 2.86. The number of rotatable bonds is 1. The van der Waals surface area contributed by atoms with Crippen molar-refractivity contribution >= 4 is 21.5 Å². The van der Waals surface area contributed by atoms with Crippen LogP contribution in [0, 0.1) is 11.8 Å². The van der Waals surface area contributed by atoms with Crippen LogP contribution in [0.15, 0.2) is 29.0 Å². The van der Waals surface area contributed by atoms with Crippen molar-refractivity contribution in [2.75, 3.05) is 13.1 Å². The second kappa shape index (κ2) is 4.30. The van der Waals surface area contributed by atoms with Gasteiger partial charge in [-0.05, 0) is 64.4 Å². The molecule has 84 valence electrons. The minimum Gasteiger partial charge on any atom is -0.316 e. The zero-order valence-corrected chi connectivity index (χ0v) is 10.7. The first kappa shape index (κ1) is 10.5. The van der Waals surface area contributed by atoms with Crippen molar-refractivity contribution in [1.29, 1.82) is 0 Å². The summed E-state index contributed by atoms with van der Waals surface area (Å²) in [6, 6.07) is 4.19. The smallest absolute Gasteiger partial charge is 0.106 e.